The second kappa shape index (κ2) is 11.5. The molecule has 0 heterocycles. The van der Waals surface area contributed by atoms with Crippen molar-refractivity contribution >= 4 is 12.4 Å². The average Bonchev–Trinajstić information content (AvgIpc) is 2.77. The predicted octanol–water partition coefficient (Wildman–Crippen LogP) is 5.83. The molecule has 154 valence electrons. The summed E-state index contributed by atoms with van der Waals surface area (Å²) in [5.74, 6) is 2.06. The third-order valence-corrected chi connectivity index (χ3v) is 5.12. The van der Waals surface area contributed by atoms with Crippen molar-refractivity contribution in [2.75, 3.05) is 14.2 Å². The van der Waals surface area contributed by atoms with E-state index in [1.807, 2.05) is 24.3 Å². The topological polar surface area (TPSA) is 30.5 Å². The van der Waals surface area contributed by atoms with Gasteiger partial charge >= 0.3 is 0 Å². The van der Waals surface area contributed by atoms with Crippen LogP contribution in [0.5, 0.6) is 11.5 Å². The molecule has 1 N–H and O–H groups in total. The van der Waals surface area contributed by atoms with Crippen LogP contribution in [0.2, 0.25) is 0 Å². The Hall–Kier alpha value is -2.49. The Kier molecular flexibility index (Phi) is 9.04. The minimum absolute atomic E-state index is 0. The second-order valence-corrected chi connectivity index (χ2v) is 7.10. The van der Waals surface area contributed by atoms with Crippen molar-refractivity contribution in [1.29, 1.82) is 0 Å². The molecule has 0 aromatic heterocycles. The Bertz CT molecular complexity index is 787. The van der Waals surface area contributed by atoms with Crippen molar-refractivity contribution in [1.82, 2.24) is 5.32 Å². The van der Waals surface area contributed by atoms with Crippen LogP contribution in [0.4, 0.5) is 0 Å². The highest BCUT2D eigenvalue weighted by molar-refractivity contribution is 5.85. The van der Waals surface area contributed by atoms with Gasteiger partial charge in [0.1, 0.15) is 11.5 Å². The molecule has 0 saturated heterocycles. The van der Waals surface area contributed by atoms with Gasteiger partial charge in [0.25, 0.3) is 0 Å². The van der Waals surface area contributed by atoms with Gasteiger partial charge in [0.05, 0.1) is 14.2 Å². The fourth-order valence-corrected chi connectivity index (χ4v) is 3.46. The fraction of sp³-hybridized carbons (Fsp3) is 0.280. The number of nitrogens with one attached hydrogen (secondary N) is 1. The second-order valence-electron chi connectivity index (χ2n) is 7.10. The van der Waals surface area contributed by atoms with E-state index in [-0.39, 0.29) is 12.4 Å². The lowest BCUT2D eigenvalue weighted by Crippen LogP contribution is -2.27. The molecule has 29 heavy (non-hydrogen) atoms. The molecule has 0 radical (unpaired) electrons. The summed E-state index contributed by atoms with van der Waals surface area (Å²) in [6.07, 6.45) is 1.01. The lowest BCUT2D eigenvalue weighted by molar-refractivity contribution is 0.414. The van der Waals surface area contributed by atoms with E-state index in [0.29, 0.717) is 12.0 Å². The number of ether oxygens (including phenoxy) is 2. The van der Waals surface area contributed by atoms with Crippen molar-refractivity contribution in [2.45, 2.75) is 31.8 Å². The molecule has 0 aliphatic heterocycles. The summed E-state index contributed by atoms with van der Waals surface area (Å²) >= 11 is 0. The Morgan fingerprint density at radius 1 is 0.724 bits per heavy atom. The van der Waals surface area contributed by atoms with Crippen LogP contribution < -0.4 is 14.8 Å². The zero-order valence-electron chi connectivity index (χ0n) is 17.3. The van der Waals surface area contributed by atoms with Gasteiger partial charge in [-0.25, -0.2) is 0 Å². The summed E-state index contributed by atoms with van der Waals surface area (Å²) in [5.41, 5.74) is 3.89. The number of rotatable bonds is 9. The summed E-state index contributed by atoms with van der Waals surface area (Å²) < 4.78 is 10.6. The minimum atomic E-state index is 0. The molecule has 0 unspecified atom stereocenters. The Balaban J connectivity index is 0.00000300. The Morgan fingerprint density at radius 2 is 1.21 bits per heavy atom. The first-order valence-electron chi connectivity index (χ1n) is 9.75. The predicted molar refractivity (Wildman–Crippen MR) is 122 cm³/mol. The van der Waals surface area contributed by atoms with E-state index < -0.39 is 0 Å². The summed E-state index contributed by atoms with van der Waals surface area (Å²) in [6.45, 7) is 3.13. The molecule has 0 aliphatic rings. The van der Waals surface area contributed by atoms with Crippen LogP contribution in [0.3, 0.4) is 0 Å². The first-order chi connectivity index (χ1) is 13.7. The molecule has 0 amide bonds. The van der Waals surface area contributed by atoms with Gasteiger partial charge in [0.15, 0.2) is 0 Å². The van der Waals surface area contributed by atoms with Crippen molar-refractivity contribution in [3.05, 3.63) is 95.6 Å². The molecule has 0 aliphatic carbocycles. The number of hydrogen-bond donors (Lipinski definition) is 1. The van der Waals surface area contributed by atoms with Crippen LogP contribution >= 0.6 is 12.4 Å². The molecule has 4 heteroatoms. The summed E-state index contributed by atoms with van der Waals surface area (Å²) in [6, 6.07) is 27.7. The first-order valence-corrected chi connectivity index (χ1v) is 9.75. The van der Waals surface area contributed by atoms with Gasteiger partial charge in [-0.3, -0.25) is 0 Å². The van der Waals surface area contributed by atoms with Gasteiger partial charge in [-0.1, -0.05) is 54.6 Å². The first kappa shape index (κ1) is 22.8. The summed E-state index contributed by atoms with van der Waals surface area (Å²) in [4.78, 5) is 0. The van der Waals surface area contributed by atoms with Gasteiger partial charge < -0.3 is 14.8 Å². The van der Waals surface area contributed by atoms with Crippen molar-refractivity contribution in [3.63, 3.8) is 0 Å². The molecule has 0 spiro atoms. The van der Waals surface area contributed by atoms with Crippen molar-refractivity contribution < 1.29 is 9.47 Å². The largest absolute Gasteiger partial charge is 0.497 e. The molecular weight excluding hydrogens is 382 g/mol. The number of benzene rings is 3. The maximum absolute atomic E-state index is 5.32. The molecule has 0 bridgehead atoms. The molecule has 3 aromatic rings. The zero-order chi connectivity index (χ0) is 19.8. The van der Waals surface area contributed by atoms with E-state index in [2.05, 4.69) is 66.8 Å². The monoisotopic (exact) mass is 411 g/mol. The van der Waals surface area contributed by atoms with E-state index in [0.717, 1.165) is 24.5 Å². The molecule has 1 atom stereocenters. The van der Waals surface area contributed by atoms with Gasteiger partial charge in [0, 0.05) is 18.5 Å². The van der Waals surface area contributed by atoms with Crippen molar-refractivity contribution in [2.24, 2.45) is 0 Å². The normalized spacial score (nSPS) is 11.6. The average molecular weight is 412 g/mol. The van der Waals surface area contributed by atoms with Gasteiger partial charge in [0.2, 0.25) is 0 Å². The fourth-order valence-electron chi connectivity index (χ4n) is 3.46. The highest BCUT2D eigenvalue weighted by Crippen LogP contribution is 2.31. The van der Waals surface area contributed by atoms with Crippen LogP contribution in [-0.4, -0.2) is 20.3 Å². The molecular formula is C25H30ClNO2. The Labute approximate surface area is 180 Å². The Morgan fingerprint density at radius 3 is 1.66 bits per heavy atom. The van der Waals surface area contributed by atoms with E-state index in [1.165, 1.54) is 16.7 Å². The quantitative estimate of drug-likeness (QED) is 0.480. The SMILES string of the molecule is COc1ccc(C(C[C@@H](C)NCc2ccccc2)c2ccc(OC)cc2)cc1.Cl. The van der Waals surface area contributed by atoms with E-state index in [4.69, 9.17) is 9.47 Å². The van der Waals surface area contributed by atoms with Gasteiger partial charge in [-0.2, -0.15) is 0 Å². The van der Waals surface area contributed by atoms with E-state index >= 15 is 0 Å². The maximum Gasteiger partial charge on any atom is 0.118 e. The van der Waals surface area contributed by atoms with Crippen molar-refractivity contribution in [3.8, 4) is 11.5 Å². The van der Waals surface area contributed by atoms with E-state index in [9.17, 15) is 0 Å². The summed E-state index contributed by atoms with van der Waals surface area (Å²) in [7, 11) is 3.40. The van der Waals surface area contributed by atoms with Gasteiger partial charge in [-0.15, -0.1) is 12.4 Å². The lowest BCUT2D eigenvalue weighted by Gasteiger charge is -2.23. The molecule has 3 aromatic carbocycles. The molecule has 0 saturated carbocycles. The third kappa shape index (κ3) is 6.52. The number of methoxy groups -OCH3 is 2. The molecule has 0 fully saturated rings. The smallest absolute Gasteiger partial charge is 0.118 e. The van der Waals surface area contributed by atoms with Crippen LogP contribution in [0.1, 0.15) is 36.0 Å². The highest BCUT2D eigenvalue weighted by atomic mass is 35.5. The highest BCUT2D eigenvalue weighted by Gasteiger charge is 2.18. The van der Waals surface area contributed by atoms with Crippen LogP contribution in [-0.2, 0) is 6.54 Å². The summed E-state index contributed by atoms with van der Waals surface area (Å²) in [5, 5.41) is 3.66. The minimum Gasteiger partial charge on any atom is -0.497 e. The standard InChI is InChI=1S/C25H29NO2.ClH/c1-19(26-18-20-7-5-4-6-8-20)17-25(21-9-13-23(27-2)14-10-21)22-11-15-24(28-3)16-12-22;/h4-16,19,25-26H,17-18H2,1-3H3;1H/t19-;/m1./s1. The van der Waals surface area contributed by atoms with E-state index in [1.54, 1.807) is 14.2 Å². The lowest BCUT2D eigenvalue weighted by atomic mass is 9.86. The van der Waals surface area contributed by atoms with Crippen LogP contribution in [0, 0.1) is 0 Å². The molecule has 3 nitrogen and oxygen atoms in total. The zero-order valence-corrected chi connectivity index (χ0v) is 18.1. The number of halogens is 1. The molecule has 3 rings (SSSR count). The van der Waals surface area contributed by atoms with Crippen LogP contribution in [0.25, 0.3) is 0 Å². The number of hydrogen-bond acceptors (Lipinski definition) is 3. The van der Waals surface area contributed by atoms with Crippen LogP contribution in [0.15, 0.2) is 78.9 Å². The third-order valence-electron chi connectivity index (χ3n) is 5.12. The maximum atomic E-state index is 5.32. The van der Waals surface area contributed by atoms with Gasteiger partial charge in [-0.05, 0) is 54.3 Å².